The number of ether oxygens (including phenoxy) is 2. The Morgan fingerprint density at radius 2 is 1.09 bits per heavy atom. The standard InChI is InChI=1S/C23H19ClF4N6O3.C15H9ClF3NO3.C8H12FN5O/c24-17-9-13(21(36)31-16-3-1-2-15(10-16)23(26,27)28)8-14(19(17)35)11-30-33-22-29-12-18(25)20(32-22)34-4-6-37-7-5-34;16-12-5-8(4-9(7-21)13(12)22)14(23)20-11-3-1-2-10(6-11)15(17,18)19;9-6-5-11-8(13-10)12-7(6)14-1-3-15-4-2-14/h1-3,8-12,35H,4-7H2,(H,31,36)(H,29,32,33);1-7,22H,(H,20,23);5H,1-4,10H2,(H,11,12,13)/b30-11-;;. The largest absolute Gasteiger partial charge is 0.506 e. The van der Waals surface area contributed by atoms with Gasteiger partial charge in [0.25, 0.3) is 11.8 Å². The van der Waals surface area contributed by atoms with Crippen LogP contribution in [0, 0.1) is 11.6 Å². The van der Waals surface area contributed by atoms with E-state index in [1.807, 2.05) is 0 Å². The number of carbonyl (C=O) groups is 3. The van der Waals surface area contributed by atoms with E-state index in [2.05, 4.69) is 46.5 Å². The number of rotatable bonds is 11. The van der Waals surface area contributed by atoms with Crippen LogP contribution in [0.2, 0.25) is 10.0 Å². The second kappa shape index (κ2) is 25.3. The number of phenolic OH excluding ortho intramolecular Hbond substituents is 2. The SMILES string of the molecule is NNc1ncc(F)c(N2CCOCC2)n1.O=C(Nc1cccc(C(F)(F)F)c1)c1cc(Cl)c(O)c(/C=N\Nc2ncc(F)c(N3CCOCC3)n2)c1.O=Cc1cc(C(=O)Nc2cccc(C(F)(F)F)c2)cc(Cl)c1O. The molecule has 0 spiro atoms. The highest BCUT2D eigenvalue weighted by atomic mass is 35.5. The van der Waals surface area contributed by atoms with Crippen LogP contribution < -0.4 is 37.1 Å². The van der Waals surface area contributed by atoms with Gasteiger partial charge in [-0.15, -0.1) is 0 Å². The second-order valence-electron chi connectivity index (χ2n) is 15.4. The van der Waals surface area contributed by atoms with E-state index < -0.39 is 58.4 Å². The number of hydrazine groups is 1. The number of alkyl halides is 6. The predicted octanol–water partition coefficient (Wildman–Crippen LogP) is 8.40. The van der Waals surface area contributed by atoms with Gasteiger partial charge >= 0.3 is 12.4 Å². The number of hydrogen-bond acceptors (Lipinski definition) is 17. The molecule has 2 aliphatic heterocycles. The molecule has 2 saturated heterocycles. The van der Waals surface area contributed by atoms with E-state index in [1.54, 1.807) is 9.80 Å². The minimum Gasteiger partial charge on any atom is -0.506 e. The number of aromatic nitrogens is 4. The molecule has 0 aliphatic carbocycles. The number of carbonyl (C=O) groups excluding carboxylic acids is 3. The number of halogens is 10. The Kier molecular flexibility index (Phi) is 19.0. The summed E-state index contributed by atoms with van der Waals surface area (Å²) >= 11 is 11.7. The predicted molar refractivity (Wildman–Crippen MR) is 259 cm³/mol. The molecule has 0 saturated carbocycles. The summed E-state index contributed by atoms with van der Waals surface area (Å²) in [5.74, 6) is 2.23. The summed E-state index contributed by atoms with van der Waals surface area (Å²) in [6.45, 7) is 4.18. The van der Waals surface area contributed by atoms with Gasteiger partial charge in [-0.2, -0.15) is 41.4 Å². The number of aldehydes is 1. The lowest BCUT2D eigenvalue weighted by atomic mass is 10.1. The summed E-state index contributed by atoms with van der Waals surface area (Å²) in [6, 6.07) is 12.8. The topological polar surface area (TPSA) is 255 Å². The van der Waals surface area contributed by atoms with Crippen LogP contribution in [0.3, 0.4) is 0 Å². The van der Waals surface area contributed by atoms with Crippen LogP contribution in [-0.2, 0) is 21.8 Å². The van der Waals surface area contributed by atoms with Crippen molar-refractivity contribution in [3.8, 4) is 11.5 Å². The molecule has 0 unspecified atom stereocenters. The fraction of sp³-hybridized carbons (Fsp3) is 0.217. The van der Waals surface area contributed by atoms with Crippen molar-refractivity contribution in [3.63, 3.8) is 0 Å². The van der Waals surface area contributed by atoms with E-state index in [-0.39, 0.29) is 67.2 Å². The Morgan fingerprint density at radius 1 is 0.667 bits per heavy atom. The van der Waals surface area contributed by atoms with Gasteiger partial charge in [-0.05, 0) is 60.7 Å². The first-order valence-corrected chi connectivity index (χ1v) is 22.3. The van der Waals surface area contributed by atoms with Crippen molar-refractivity contribution < 1.29 is 69.2 Å². The average Bonchev–Trinajstić information content (AvgIpc) is 3.39. The first-order valence-electron chi connectivity index (χ1n) is 21.6. The Balaban J connectivity index is 0.000000204. The number of morpholine rings is 2. The lowest BCUT2D eigenvalue weighted by molar-refractivity contribution is -0.138. The first kappa shape index (κ1) is 56.3. The number of hydrazone groups is 1. The fourth-order valence-electron chi connectivity index (χ4n) is 6.64. The lowest BCUT2D eigenvalue weighted by Gasteiger charge is -2.27. The number of nitrogens with one attached hydrogen (secondary N) is 4. The summed E-state index contributed by atoms with van der Waals surface area (Å²) in [5, 5.41) is 27.9. The highest BCUT2D eigenvalue weighted by Crippen LogP contribution is 2.34. The summed E-state index contributed by atoms with van der Waals surface area (Å²) in [5.41, 5.74) is 2.52. The van der Waals surface area contributed by atoms with E-state index in [4.69, 9.17) is 38.5 Å². The van der Waals surface area contributed by atoms with Gasteiger partial charge in [0.05, 0.1) is 71.8 Å². The van der Waals surface area contributed by atoms with Crippen molar-refractivity contribution in [2.24, 2.45) is 10.9 Å². The van der Waals surface area contributed by atoms with E-state index in [1.165, 1.54) is 18.2 Å². The Bertz CT molecular complexity index is 3040. The highest BCUT2D eigenvalue weighted by molar-refractivity contribution is 6.33. The van der Waals surface area contributed by atoms with Crippen molar-refractivity contribution >= 4 is 82.4 Å². The number of nitrogens with two attached hydrogens (primary N) is 1. The molecule has 2 amide bonds. The van der Waals surface area contributed by atoms with Crippen molar-refractivity contribution in [2.45, 2.75) is 12.4 Å². The van der Waals surface area contributed by atoms with Gasteiger partial charge in [-0.25, -0.2) is 30.0 Å². The molecule has 0 bridgehead atoms. The van der Waals surface area contributed by atoms with Gasteiger partial charge in [-0.3, -0.25) is 19.8 Å². The van der Waals surface area contributed by atoms with Crippen LogP contribution >= 0.6 is 23.2 Å². The summed E-state index contributed by atoms with van der Waals surface area (Å²) in [7, 11) is 0. The summed E-state index contributed by atoms with van der Waals surface area (Å²) in [4.78, 5) is 54.6. The first-order chi connectivity index (χ1) is 35.6. The molecule has 2 fully saturated rings. The average molecular weight is 1100 g/mol. The van der Waals surface area contributed by atoms with Gasteiger partial charge in [-0.1, -0.05) is 35.3 Å². The lowest BCUT2D eigenvalue weighted by Crippen LogP contribution is -2.37. The Hall–Kier alpha value is -7.98. The number of nitrogens with zero attached hydrogens (tertiary/aromatic N) is 7. The monoisotopic (exact) mass is 1090 g/mol. The molecule has 0 radical (unpaired) electrons. The normalized spacial score (nSPS) is 13.7. The zero-order chi connectivity index (χ0) is 54.5. The molecule has 8 rings (SSSR count). The maximum absolute atomic E-state index is 14.2. The van der Waals surface area contributed by atoms with Crippen LogP contribution in [-0.4, -0.2) is 107 Å². The number of aromatic hydroxyl groups is 2. The molecule has 19 nitrogen and oxygen atoms in total. The number of amides is 2. The van der Waals surface area contributed by atoms with Gasteiger partial charge in [0.2, 0.25) is 11.9 Å². The molecule has 75 heavy (non-hydrogen) atoms. The summed E-state index contributed by atoms with van der Waals surface area (Å²) < 4.78 is 115. The third-order valence-corrected chi connectivity index (χ3v) is 10.9. The van der Waals surface area contributed by atoms with Gasteiger partial charge < -0.3 is 40.1 Å². The van der Waals surface area contributed by atoms with E-state index >= 15 is 0 Å². The fourth-order valence-corrected chi connectivity index (χ4v) is 7.09. The third-order valence-electron chi connectivity index (χ3n) is 10.3. The minimum atomic E-state index is -4.57. The molecule has 396 valence electrons. The van der Waals surface area contributed by atoms with Crippen LogP contribution in [0.5, 0.6) is 11.5 Å². The number of hydrogen-bond donors (Lipinski definition) is 7. The molecular formula is C46H40Cl2F8N12O7. The minimum absolute atomic E-state index is 0.0182. The number of nitrogen functional groups attached to an aromatic ring is 1. The van der Waals surface area contributed by atoms with Crippen LogP contribution in [0.4, 0.5) is 70.0 Å². The van der Waals surface area contributed by atoms with Crippen molar-refractivity contribution in [3.05, 3.63) is 140 Å². The van der Waals surface area contributed by atoms with Gasteiger partial charge in [0, 0.05) is 54.2 Å². The Morgan fingerprint density at radius 3 is 1.53 bits per heavy atom. The molecule has 0 atom stereocenters. The second-order valence-corrected chi connectivity index (χ2v) is 16.2. The molecule has 2 aromatic heterocycles. The third kappa shape index (κ3) is 15.5. The van der Waals surface area contributed by atoms with Crippen molar-refractivity contribution in [1.82, 2.24) is 19.9 Å². The Labute approximate surface area is 429 Å². The van der Waals surface area contributed by atoms with E-state index in [9.17, 15) is 59.7 Å². The molecule has 4 aromatic carbocycles. The summed E-state index contributed by atoms with van der Waals surface area (Å²) in [6.07, 6.45) is -5.58. The van der Waals surface area contributed by atoms with Crippen LogP contribution in [0.25, 0.3) is 0 Å². The van der Waals surface area contributed by atoms with E-state index in [0.717, 1.165) is 73.2 Å². The number of anilines is 6. The maximum Gasteiger partial charge on any atom is 0.416 e. The van der Waals surface area contributed by atoms with Crippen LogP contribution in [0.15, 0.2) is 90.3 Å². The van der Waals surface area contributed by atoms with Crippen molar-refractivity contribution in [2.75, 3.05) is 83.9 Å². The van der Waals surface area contributed by atoms with Gasteiger partial charge in [0.15, 0.2) is 29.6 Å². The molecule has 29 heteroatoms. The van der Waals surface area contributed by atoms with Gasteiger partial charge in [0.1, 0.15) is 11.5 Å². The molecule has 8 N–H and O–H groups in total. The molecule has 6 aromatic rings. The quantitative estimate of drug-likeness (QED) is 0.0211. The highest BCUT2D eigenvalue weighted by Gasteiger charge is 2.32. The molecule has 4 heterocycles. The van der Waals surface area contributed by atoms with Crippen LogP contribution in [0.1, 0.15) is 47.8 Å². The number of phenols is 2. The molecule has 2 aliphatic rings. The maximum atomic E-state index is 14.2. The molecular weight excluding hydrogens is 1060 g/mol. The van der Waals surface area contributed by atoms with E-state index in [0.29, 0.717) is 58.9 Å². The number of benzene rings is 4. The smallest absolute Gasteiger partial charge is 0.416 e. The zero-order valence-electron chi connectivity index (χ0n) is 38.3. The van der Waals surface area contributed by atoms with Crippen molar-refractivity contribution in [1.29, 1.82) is 0 Å². The zero-order valence-corrected chi connectivity index (χ0v) is 39.8.